The van der Waals surface area contributed by atoms with E-state index in [-0.39, 0.29) is 18.4 Å². The van der Waals surface area contributed by atoms with Gasteiger partial charge in [0.05, 0.1) is 0 Å². The van der Waals surface area contributed by atoms with E-state index in [0.29, 0.717) is 24.5 Å². The molecule has 1 aliphatic heterocycles. The molecule has 106 valence electrons. The Morgan fingerprint density at radius 2 is 2.20 bits per heavy atom. The van der Waals surface area contributed by atoms with E-state index < -0.39 is 0 Å². The molecule has 20 heavy (non-hydrogen) atoms. The monoisotopic (exact) mass is 274 g/mol. The van der Waals surface area contributed by atoms with Gasteiger partial charge in [-0.3, -0.25) is 9.59 Å². The zero-order valence-electron chi connectivity index (χ0n) is 11.3. The highest BCUT2D eigenvalue weighted by Crippen LogP contribution is 2.28. The zero-order chi connectivity index (χ0) is 13.9. The summed E-state index contributed by atoms with van der Waals surface area (Å²) in [6, 6.07) is 5.49. The van der Waals surface area contributed by atoms with Crippen LogP contribution in [-0.4, -0.2) is 25.0 Å². The van der Waals surface area contributed by atoms with Crippen LogP contribution < -0.4 is 15.4 Å². The highest BCUT2D eigenvalue weighted by atomic mass is 16.5. The molecule has 2 amide bonds. The summed E-state index contributed by atoms with van der Waals surface area (Å²) in [6.45, 7) is 0.802. The molecule has 0 spiro atoms. The van der Waals surface area contributed by atoms with Crippen molar-refractivity contribution in [1.29, 1.82) is 0 Å². The van der Waals surface area contributed by atoms with Gasteiger partial charge in [0.1, 0.15) is 5.75 Å². The summed E-state index contributed by atoms with van der Waals surface area (Å²) >= 11 is 0. The second-order valence-electron chi connectivity index (χ2n) is 5.40. The molecule has 1 aromatic rings. The Morgan fingerprint density at radius 3 is 3.00 bits per heavy atom. The average molecular weight is 274 g/mol. The van der Waals surface area contributed by atoms with Crippen molar-refractivity contribution in [2.75, 3.05) is 18.5 Å². The molecule has 0 radical (unpaired) electrons. The third kappa shape index (κ3) is 3.29. The predicted octanol–water partition coefficient (Wildman–Crippen LogP) is 1.48. The Morgan fingerprint density at radius 1 is 1.35 bits per heavy atom. The second-order valence-corrected chi connectivity index (χ2v) is 5.40. The van der Waals surface area contributed by atoms with Gasteiger partial charge in [0.15, 0.2) is 6.61 Å². The number of ether oxygens (including phenoxy) is 1. The first-order chi connectivity index (χ1) is 9.70. The SMILES string of the molecule is O=C(COc1ccc2c(c1)CCC(=O)N2)NCC1CC1. The number of fused-ring (bicyclic) bond motifs is 1. The smallest absolute Gasteiger partial charge is 0.257 e. The van der Waals surface area contributed by atoms with Gasteiger partial charge in [-0.2, -0.15) is 0 Å². The van der Waals surface area contributed by atoms with Gasteiger partial charge in [0, 0.05) is 18.7 Å². The van der Waals surface area contributed by atoms with E-state index in [4.69, 9.17) is 4.74 Å². The number of amides is 2. The van der Waals surface area contributed by atoms with Gasteiger partial charge in [0.25, 0.3) is 5.91 Å². The number of carbonyl (C=O) groups is 2. The number of nitrogens with one attached hydrogen (secondary N) is 2. The van der Waals surface area contributed by atoms with E-state index in [0.717, 1.165) is 17.8 Å². The fourth-order valence-electron chi connectivity index (χ4n) is 2.23. The van der Waals surface area contributed by atoms with Crippen molar-refractivity contribution in [3.8, 4) is 5.75 Å². The number of benzene rings is 1. The number of carbonyl (C=O) groups excluding carboxylic acids is 2. The minimum Gasteiger partial charge on any atom is -0.484 e. The highest BCUT2D eigenvalue weighted by Gasteiger charge is 2.21. The Hall–Kier alpha value is -2.04. The molecule has 5 nitrogen and oxygen atoms in total. The Balaban J connectivity index is 1.52. The van der Waals surface area contributed by atoms with E-state index in [1.807, 2.05) is 12.1 Å². The minimum absolute atomic E-state index is 0.0395. The van der Waals surface area contributed by atoms with Crippen molar-refractivity contribution >= 4 is 17.5 Å². The van der Waals surface area contributed by atoms with E-state index in [1.165, 1.54) is 12.8 Å². The van der Waals surface area contributed by atoms with Crippen molar-refractivity contribution < 1.29 is 14.3 Å². The number of rotatable bonds is 5. The molecule has 5 heteroatoms. The predicted molar refractivity (Wildman–Crippen MR) is 74.6 cm³/mol. The standard InChI is InChI=1S/C15H18N2O3/c18-14-6-3-11-7-12(4-5-13(11)17-14)20-9-15(19)16-8-10-1-2-10/h4-5,7,10H,1-3,6,8-9H2,(H,16,19)(H,17,18). The first-order valence-electron chi connectivity index (χ1n) is 7.03. The van der Waals surface area contributed by atoms with Crippen LogP contribution in [0.3, 0.4) is 0 Å². The van der Waals surface area contributed by atoms with Crippen molar-refractivity contribution in [3.63, 3.8) is 0 Å². The molecule has 0 saturated heterocycles. The molecule has 1 aliphatic carbocycles. The maximum Gasteiger partial charge on any atom is 0.257 e. The van der Waals surface area contributed by atoms with E-state index >= 15 is 0 Å². The van der Waals surface area contributed by atoms with Crippen molar-refractivity contribution in [3.05, 3.63) is 23.8 Å². The maximum absolute atomic E-state index is 11.6. The fraction of sp³-hybridized carbons (Fsp3) is 0.467. The molecular formula is C15H18N2O3. The molecule has 1 saturated carbocycles. The van der Waals surface area contributed by atoms with E-state index in [2.05, 4.69) is 10.6 Å². The first kappa shape index (κ1) is 13.0. The Bertz CT molecular complexity index is 538. The van der Waals surface area contributed by atoms with Crippen LogP contribution in [-0.2, 0) is 16.0 Å². The molecular weight excluding hydrogens is 256 g/mol. The summed E-state index contributed by atoms with van der Waals surface area (Å²) in [5, 5.41) is 5.68. The van der Waals surface area contributed by atoms with Crippen LogP contribution in [0.2, 0.25) is 0 Å². The van der Waals surface area contributed by atoms with E-state index in [9.17, 15) is 9.59 Å². The topological polar surface area (TPSA) is 67.4 Å². The van der Waals surface area contributed by atoms with E-state index in [1.54, 1.807) is 6.07 Å². The number of anilines is 1. The quantitative estimate of drug-likeness (QED) is 0.854. The third-order valence-electron chi connectivity index (χ3n) is 3.63. The van der Waals surface area contributed by atoms with Gasteiger partial charge in [-0.05, 0) is 48.9 Å². The van der Waals surface area contributed by atoms with Gasteiger partial charge in [-0.1, -0.05) is 0 Å². The lowest BCUT2D eigenvalue weighted by Gasteiger charge is -2.17. The molecule has 1 aromatic carbocycles. The van der Waals surface area contributed by atoms with Crippen LogP contribution in [0.1, 0.15) is 24.8 Å². The van der Waals surface area contributed by atoms with Crippen molar-refractivity contribution in [2.24, 2.45) is 5.92 Å². The normalized spacial score (nSPS) is 17.1. The van der Waals surface area contributed by atoms with Crippen LogP contribution in [0.25, 0.3) is 0 Å². The molecule has 2 N–H and O–H groups in total. The maximum atomic E-state index is 11.6. The molecule has 0 atom stereocenters. The summed E-state index contributed by atoms with van der Waals surface area (Å²) in [5.74, 6) is 1.31. The average Bonchev–Trinajstić information content (AvgIpc) is 3.27. The Kier molecular flexibility index (Phi) is 3.58. The van der Waals surface area contributed by atoms with Crippen LogP contribution in [0.15, 0.2) is 18.2 Å². The van der Waals surface area contributed by atoms with Crippen molar-refractivity contribution in [2.45, 2.75) is 25.7 Å². The van der Waals surface area contributed by atoms with Crippen molar-refractivity contribution in [1.82, 2.24) is 5.32 Å². The molecule has 1 heterocycles. The summed E-state index contributed by atoms with van der Waals surface area (Å²) in [5.41, 5.74) is 1.90. The second kappa shape index (κ2) is 5.53. The van der Waals surface area contributed by atoms with Gasteiger partial charge in [-0.15, -0.1) is 0 Å². The van der Waals surface area contributed by atoms with Gasteiger partial charge in [0.2, 0.25) is 5.91 Å². The molecule has 3 rings (SSSR count). The van der Waals surface area contributed by atoms with Gasteiger partial charge in [-0.25, -0.2) is 0 Å². The van der Waals surface area contributed by atoms with Crippen LogP contribution in [0.4, 0.5) is 5.69 Å². The lowest BCUT2D eigenvalue weighted by atomic mass is 10.0. The summed E-state index contributed by atoms with van der Waals surface area (Å²) in [4.78, 5) is 22.8. The minimum atomic E-state index is -0.0806. The highest BCUT2D eigenvalue weighted by molar-refractivity contribution is 5.94. The van der Waals surface area contributed by atoms with Crippen LogP contribution >= 0.6 is 0 Å². The zero-order valence-corrected chi connectivity index (χ0v) is 11.3. The lowest BCUT2D eigenvalue weighted by Crippen LogP contribution is -2.30. The summed E-state index contributed by atoms with van der Waals surface area (Å²) in [6.07, 6.45) is 3.65. The van der Waals surface area contributed by atoms with Crippen LogP contribution in [0, 0.1) is 5.92 Å². The molecule has 0 unspecified atom stereocenters. The number of hydrogen-bond acceptors (Lipinski definition) is 3. The lowest BCUT2D eigenvalue weighted by molar-refractivity contribution is -0.123. The first-order valence-corrected chi connectivity index (χ1v) is 7.03. The Labute approximate surface area is 117 Å². The van der Waals surface area contributed by atoms with Gasteiger partial charge >= 0.3 is 0 Å². The summed E-state index contributed by atoms with van der Waals surface area (Å²) < 4.78 is 5.49. The fourth-order valence-corrected chi connectivity index (χ4v) is 2.23. The molecule has 0 aromatic heterocycles. The van der Waals surface area contributed by atoms with Gasteiger partial charge < -0.3 is 15.4 Å². The summed E-state index contributed by atoms with van der Waals surface area (Å²) in [7, 11) is 0. The number of aryl methyl sites for hydroxylation is 1. The largest absolute Gasteiger partial charge is 0.484 e. The molecule has 0 bridgehead atoms. The third-order valence-corrected chi connectivity index (χ3v) is 3.63. The molecule has 2 aliphatic rings. The van der Waals surface area contributed by atoms with Crippen LogP contribution in [0.5, 0.6) is 5.75 Å². The molecule has 1 fully saturated rings. The number of hydrogen-bond donors (Lipinski definition) is 2.